The van der Waals surface area contributed by atoms with Crippen molar-refractivity contribution in [3.05, 3.63) is 77.4 Å². The number of benzene rings is 1. The molecule has 1 saturated carbocycles. The van der Waals surface area contributed by atoms with Gasteiger partial charge in [0.15, 0.2) is 0 Å². The van der Waals surface area contributed by atoms with Crippen LogP contribution in [0.3, 0.4) is 0 Å². The Balaban J connectivity index is 1.87. The van der Waals surface area contributed by atoms with Gasteiger partial charge in [-0.15, -0.1) is 0 Å². The monoisotopic (exact) mass is 334 g/mol. The van der Waals surface area contributed by atoms with Gasteiger partial charge in [0.05, 0.1) is 5.92 Å². The first kappa shape index (κ1) is 17.4. The van der Waals surface area contributed by atoms with Crippen LogP contribution in [-0.4, -0.2) is 10.5 Å². The average Bonchev–Trinajstić information content (AvgIpc) is 3.10. The van der Waals surface area contributed by atoms with Crippen molar-refractivity contribution in [2.45, 2.75) is 34.2 Å². The molecule has 2 atom stereocenters. The maximum absolute atomic E-state index is 12.8. The van der Waals surface area contributed by atoms with Crippen LogP contribution in [0.5, 0.6) is 0 Å². The number of carbonyl (C=O) groups is 1. The lowest BCUT2D eigenvalue weighted by atomic mass is 10.1. The third kappa shape index (κ3) is 3.81. The smallest absolute Gasteiger partial charge is 0.251 e. The summed E-state index contributed by atoms with van der Waals surface area (Å²) in [7, 11) is 0. The Labute approximate surface area is 149 Å². The number of carbonyl (C=O) groups excluding carboxylic acids is 1. The van der Waals surface area contributed by atoms with E-state index in [4.69, 9.17) is 0 Å². The second kappa shape index (κ2) is 6.83. The molecule has 0 saturated heterocycles. The molecule has 2 aromatic rings. The first-order valence-corrected chi connectivity index (χ1v) is 8.82. The van der Waals surface area contributed by atoms with Gasteiger partial charge in [-0.05, 0) is 42.9 Å². The minimum atomic E-state index is -0.0206. The van der Waals surface area contributed by atoms with Gasteiger partial charge in [-0.3, -0.25) is 4.79 Å². The zero-order chi connectivity index (χ0) is 18.0. The van der Waals surface area contributed by atoms with Crippen molar-refractivity contribution in [2.75, 3.05) is 0 Å². The fourth-order valence-electron chi connectivity index (χ4n) is 3.48. The number of aromatic nitrogens is 1. The molecular formula is C22H26N2O. The lowest BCUT2D eigenvalue weighted by Gasteiger charge is -2.07. The molecule has 0 aliphatic heterocycles. The topological polar surface area (TPSA) is 34.4 Å². The van der Waals surface area contributed by atoms with Crippen LogP contribution in [0.4, 0.5) is 0 Å². The van der Waals surface area contributed by atoms with Crippen molar-refractivity contribution in [1.82, 2.24) is 4.57 Å². The van der Waals surface area contributed by atoms with Crippen molar-refractivity contribution >= 4 is 5.91 Å². The molecule has 1 amide bonds. The Kier molecular flexibility index (Phi) is 4.76. The molecule has 3 rings (SSSR count). The molecule has 3 nitrogen and oxygen atoms in total. The molecule has 130 valence electrons. The Hall–Kier alpha value is -2.42. The highest BCUT2D eigenvalue weighted by atomic mass is 16.1. The third-order valence-corrected chi connectivity index (χ3v) is 5.03. The Morgan fingerprint density at radius 3 is 2.48 bits per heavy atom. The zero-order valence-corrected chi connectivity index (χ0v) is 15.4. The second-order valence-electron chi connectivity index (χ2n) is 7.69. The van der Waals surface area contributed by atoms with E-state index in [1.54, 1.807) is 0 Å². The highest BCUT2D eigenvalue weighted by Crippen LogP contribution is 2.59. The van der Waals surface area contributed by atoms with Crippen LogP contribution >= 0.6 is 0 Å². The number of amides is 1. The summed E-state index contributed by atoms with van der Waals surface area (Å²) in [6, 6.07) is 16.0. The number of hydrogen-bond donors (Lipinski definition) is 0. The van der Waals surface area contributed by atoms with E-state index in [1.165, 1.54) is 11.1 Å². The summed E-state index contributed by atoms with van der Waals surface area (Å²) in [6.45, 7) is 9.17. The summed E-state index contributed by atoms with van der Waals surface area (Å²) in [4.78, 5) is 17.2. The van der Waals surface area contributed by atoms with Gasteiger partial charge in [0, 0.05) is 12.7 Å². The van der Waals surface area contributed by atoms with E-state index in [2.05, 4.69) is 50.9 Å². The van der Waals surface area contributed by atoms with E-state index in [-0.39, 0.29) is 17.2 Å². The number of pyridine rings is 1. The predicted molar refractivity (Wildman–Crippen MR) is 101 cm³/mol. The van der Waals surface area contributed by atoms with E-state index >= 15 is 0 Å². The predicted octanol–water partition coefficient (Wildman–Crippen LogP) is 4.20. The average molecular weight is 334 g/mol. The van der Waals surface area contributed by atoms with Gasteiger partial charge in [0.25, 0.3) is 5.91 Å². The van der Waals surface area contributed by atoms with Crippen LogP contribution < -0.4 is 5.49 Å². The van der Waals surface area contributed by atoms with Crippen molar-refractivity contribution in [2.24, 2.45) is 22.2 Å². The van der Waals surface area contributed by atoms with Crippen molar-refractivity contribution < 1.29 is 4.79 Å². The van der Waals surface area contributed by atoms with Gasteiger partial charge >= 0.3 is 0 Å². The number of nitrogens with zero attached hydrogens (tertiary/aromatic N) is 2. The minimum Gasteiger partial charge on any atom is -0.328 e. The number of hydrogen-bond acceptors (Lipinski definition) is 1. The standard InChI is InChI=1S/C22H26N2O/c1-16(2)14-18-20(22(18,3)4)21(25)23-19-12-8-9-13-24(19)15-17-10-6-5-7-11-17/h5-14,18,20H,15H2,1-4H3. The fourth-order valence-corrected chi connectivity index (χ4v) is 3.48. The van der Waals surface area contributed by atoms with Gasteiger partial charge < -0.3 is 4.57 Å². The lowest BCUT2D eigenvalue weighted by molar-refractivity contribution is -0.120. The summed E-state index contributed by atoms with van der Waals surface area (Å²) in [5.41, 5.74) is 3.16. The van der Waals surface area contributed by atoms with Crippen molar-refractivity contribution in [3.8, 4) is 0 Å². The van der Waals surface area contributed by atoms with E-state index in [1.807, 2.05) is 47.2 Å². The molecule has 25 heavy (non-hydrogen) atoms. The fraction of sp³-hybridized carbons (Fsp3) is 0.364. The summed E-state index contributed by atoms with van der Waals surface area (Å²) >= 11 is 0. The van der Waals surface area contributed by atoms with E-state index in [0.717, 1.165) is 5.49 Å². The summed E-state index contributed by atoms with van der Waals surface area (Å²) in [5, 5.41) is 0. The quantitative estimate of drug-likeness (QED) is 0.772. The molecule has 0 bridgehead atoms. The maximum Gasteiger partial charge on any atom is 0.251 e. The third-order valence-electron chi connectivity index (χ3n) is 5.03. The zero-order valence-electron chi connectivity index (χ0n) is 15.4. The molecule has 0 radical (unpaired) electrons. The van der Waals surface area contributed by atoms with Gasteiger partial charge in [-0.1, -0.05) is 61.9 Å². The van der Waals surface area contributed by atoms with Crippen LogP contribution in [0.15, 0.2) is 71.4 Å². The molecule has 1 aromatic carbocycles. The summed E-state index contributed by atoms with van der Waals surface area (Å²) in [6.07, 6.45) is 4.19. The molecular weight excluding hydrogens is 308 g/mol. The first-order chi connectivity index (χ1) is 11.9. The van der Waals surface area contributed by atoms with Crippen molar-refractivity contribution in [1.29, 1.82) is 0 Å². The molecule has 1 aliphatic carbocycles. The second-order valence-corrected chi connectivity index (χ2v) is 7.69. The van der Waals surface area contributed by atoms with Crippen LogP contribution in [-0.2, 0) is 11.3 Å². The highest BCUT2D eigenvalue weighted by molar-refractivity contribution is 5.84. The summed E-state index contributed by atoms with van der Waals surface area (Å²) in [5.74, 6) is 0.258. The molecule has 0 N–H and O–H groups in total. The van der Waals surface area contributed by atoms with Crippen LogP contribution in [0.2, 0.25) is 0 Å². The molecule has 1 heterocycles. The molecule has 2 unspecified atom stereocenters. The van der Waals surface area contributed by atoms with Gasteiger partial charge in [0.1, 0.15) is 5.49 Å². The van der Waals surface area contributed by atoms with E-state index in [9.17, 15) is 4.79 Å². The molecule has 1 fully saturated rings. The highest BCUT2D eigenvalue weighted by Gasteiger charge is 2.60. The lowest BCUT2D eigenvalue weighted by Crippen LogP contribution is -2.23. The molecule has 0 spiro atoms. The number of allylic oxidation sites excluding steroid dienone is 2. The first-order valence-electron chi connectivity index (χ1n) is 8.82. The largest absolute Gasteiger partial charge is 0.328 e. The van der Waals surface area contributed by atoms with E-state index < -0.39 is 0 Å². The Bertz CT molecular complexity index is 855. The van der Waals surface area contributed by atoms with E-state index in [0.29, 0.717) is 12.5 Å². The van der Waals surface area contributed by atoms with Crippen LogP contribution in [0, 0.1) is 17.3 Å². The normalized spacial score (nSPS) is 21.7. The molecule has 1 aromatic heterocycles. The molecule has 1 aliphatic rings. The van der Waals surface area contributed by atoms with Gasteiger partial charge in [0.2, 0.25) is 0 Å². The molecule has 3 heteroatoms. The Morgan fingerprint density at radius 2 is 1.80 bits per heavy atom. The van der Waals surface area contributed by atoms with Gasteiger partial charge in [-0.2, -0.15) is 4.99 Å². The van der Waals surface area contributed by atoms with Crippen molar-refractivity contribution in [3.63, 3.8) is 0 Å². The van der Waals surface area contributed by atoms with Gasteiger partial charge in [-0.25, -0.2) is 0 Å². The minimum absolute atomic E-state index is 0.00308. The number of rotatable bonds is 4. The summed E-state index contributed by atoms with van der Waals surface area (Å²) < 4.78 is 2.03. The Morgan fingerprint density at radius 1 is 1.12 bits per heavy atom. The van der Waals surface area contributed by atoms with Crippen LogP contribution in [0.25, 0.3) is 0 Å². The SMILES string of the molecule is CC(C)=CC1C(C(=O)N=c2ccccn2Cc2ccccc2)C1(C)C. The maximum atomic E-state index is 12.8. The van der Waals surface area contributed by atoms with Crippen LogP contribution in [0.1, 0.15) is 33.3 Å².